The Bertz CT molecular complexity index is 1640. The van der Waals surface area contributed by atoms with E-state index in [2.05, 4.69) is 10.3 Å². The van der Waals surface area contributed by atoms with Gasteiger partial charge in [0.1, 0.15) is 5.39 Å². The lowest BCUT2D eigenvalue weighted by Gasteiger charge is -2.12. The van der Waals surface area contributed by atoms with Crippen LogP contribution in [0.15, 0.2) is 83.9 Å². The summed E-state index contributed by atoms with van der Waals surface area (Å²) in [7, 11) is 3.14. The Kier molecular flexibility index (Phi) is 5.62. The number of ketones is 1. The zero-order valence-electron chi connectivity index (χ0n) is 19.2. The number of carbonyl (C=O) groups excluding carboxylic acids is 2. The van der Waals surface area contributed by atoms with Crippen LogP contribution in [0.1, 0.15) is 20.8 Å². The molecular formula is C27H22N4O4. The number of methoxy groups -OCH3 is 1. The van der Waals surface area contributed by atoms with Gasteiger partial charge in [0.05, 0.1) is 36.6 Å². The van der Waals surface area contributed by atoms with Gasteiger partial charge in [0.15, 0.2) is 17.2 Å². The van der Waals surface area contributed by atoms with Crippen LogP contribution in [0.5, 0.6) is 5.75 Å². The largest absolute Gasteiger partial charge is 0.493 e. The molecule has 8 heteroatoms. The standard InChI is InChI=1S/C27H22N4O4/c1-30-23-19-12-6-7-13-20(19)31(16-21(32)17-9-4-3-5-10-17)27(34)22(23)25(35-2)24(30)26(33)29-18-11-8-14-28-15-18/h3-15H,16H2,1-2H3,(H,29,33). The van der Waals surface area contributed by atoms with E-state index >= 15 is 0 Å². The number of ether oxygens (including phenoxy) is 1. The molecule has 0 saturated carbocycles. The molecule has 0 spiro atoms. The minimum atomic E-state index is -0.441. The van der Waals surface area contributed by atoms with Crippen LogP contribution in [0.25, 0.3) is 21.8 Å². The zero-order valence-corrected chi connectivity index (χ0v) is 19.2. The van der Waals surface area contributed by atoms with Crippen molar-refractivity contribution < 1.29 is 14.3 Å². The first-order valence-corrected chi connectivity index (χ1v) is 11.0. The average molecular weight is 466 g/mol. The fourth-order valence-electron chi connectivity index (χ4n) is 4.42. The second-order valence-corrected chi connectivity index (χ2v) is 8.06. The van der Waals surface area contributed by atoms with Crippen LogP contribution in [0.4, 0.5) is 5.69 Å². The first-order valence-electron chi connectivity index (χ1n) is 11.0. The molecule has 35 heavy (non-hydrogen) atoms. The van der Waals surface area contributed by atoms with Crippen molar-refractivity contribution in [2.75, 3.05) is 12.4 Å². The van der Waals surface area contributed by atoms with E-state index in [-0.39, 0.29) is 29.2 Å². The number of hydrogen-bond acceptors (Lipinski definition) is 5. The Balaban J connectivity index is 1.73. The maximum atomic E-state index is 13.8. The number of benzene rings is 2. The van der Waals surface area contributed by atoms with E-state index < -0.39 is 11.5 Å². The van der Waals surface area contributed by atoms with Crippen LogP contribution in [0.3, 0.4) is 0 Å². The molecular weight excluding hydrogens is 444 g/mol. The monoisotopic (exact) mass is 466 g/mol. The Labute approximate surface area is 200 Å². The minimum Gasteiger partial charge on any atom is -0.493 e. The molecule has 3 aromatic heterocycles. The van der Waals surface area contributed by atoms with Crippen LogP contribution < -0.4 is 15.6 Å². The van der Waals surface area contributed by atoms with E-state index in [0.29, 0.717) is 22.3 Å². The van der Waals surface area contributed by atoms with Crippen molar-refractivity contribution in [1.29, 1.82) is 0 Å². The molecule has 0 radical (unpaired) electrons. The number of rotatable bonds is 6. The Morgan fingerprint density at radius 3 is 2.46 bits per heavy atom. The van der Waals surface area contributed by atoms with E-state index in [9.17, 15) is 14.4 Å². The van der Waals surface area contributed by atoms with Crippen molar-refractivity contribution in [2.24, 2.45) is 7.05 Å². The summed E-state index contributed by atoms with van der Waals surface area (Å²) in [4.78, 5) is 44.1. The molecule has 0 saturated heterocycles. The highest BCUT2D eigenvalue weighted by molar-refractivity contribution is 6.15. The first kappa shape index (κ1) is 22.1. The Morgan fingerprint density at radius 2 is 1.74 bits per heavy atom. The number of para-hydroxylation sites is 1. The molecule has 174 valence electrons. The lowest BCUT2D eigenvalue weighted by atomic mass is 10.1. The molecule has 2 aromatic carbocycles. The van der Waals surface area contributed by atoms with E-state index in [1.54, 1.807) is 60.3 Å². The second-order valence-electron chi connectivity index (χ2n) is 8.06. The lowest BCUT2D eigenvalue weighted by Crippen LogP contribution is -2.25. The number of aryl methyl sites for hydroxylation is 1. The predicted octanol–water partition coefficient (Wildman–Crippen LogP) is 4.03. The summed E-state index contributed by atoms with van der Waals surface area (Å²) in [5.41, 5.74) is 1.97. The number of fused-ring (bicyclic) bond motifs is 3. The molecule has 0 aliphatic heterocycles. The van der Waals surface area contributed by atoms with Gasteiger partial charge >= 0.3 is 0 Å². The summed E-state index contributed by atoms with van der Waals surface area (Å²) in [6.45, 7) is -0.144. The topological polar surface area (TPSA) is 95.2 Å². The van der Waals surface area contributed by atoms with Crippen LogP contribution in [-0.4, -0.2) is 32.9 Å². The number of anilines is 1. The zero-order chi connectivity index (χ0) is 24.5. The average Bonchev–Trinajstić information content (AvgIpc) is 3.20. The second kappa shape index (κ2) is 8.90. The number of carbonyl (C=O) groups is 2. The van der Waals surface area contributed by atoms with Crippen LogP contribution in [-0.2, 0) is 13.6 Å². The molecule has 5 rings (SSSR count). The van der Waals surface area contributed by atoms with Crippen molar-refractivity contribution >= 4 is 39.2 Å². The van der Waals surface area contributed by atoms with E-state index in [1.807, 2.05) is 24.3 Å². The SMILES string of the molecule is COc1c(C(=O)Nc2cccnc2)n(C)c2c1c(=O)n(CC(=O)c1ccccc1)c1ccccc21. The molecule has 8 nitrogen and oxygen atoms in total. The quantitative estimate of drug-likeness (QED) is 0.381. The molecule has 5 aromatic rings. The van der Waals surface area contributed by atoms with Crippen molar-refractivity contribution in [1.82, 2.24) is 14.1 Å². The molecule has 0 bridgehead atoms. The van der Waals surface area contributed by atoms with Crippen molar-refractivity contribution in [2.45, 2.75) is 6.54 Å². The molecule has 0 fully saturated rings. The Hall–Kier alpha value is -4.72. The maximum absolute atomic E-state index is 13.8. The molecule has 0 unspecified atom stereocenters. The molecule has 0 aliphatic carbocycles. The van der Waals surface area contributed by atoms with Gasteiger partial charge in [-0.25, -0.2) is 0 Å². The maximum Gasteiger partial charge on any atom is 0.276 e. The van der Waals surface area contributed by atoms with Gasteiger partial charge in [-0.2, -0.15) is 0 Å². The minimum absolute atomic E-state index is 0.144. The molecule has 3 heterocycles. The van der Waals surface area contributed by atoms with Crippen molar-refractivity contribution in [3.63, 3.8) is 0 Å². The summed E-state index contributed by atoms with van der Waals surface area (Å²) in [6.07, 6.45) is 3.14. The number of hydrogen-bond donors (Lipinski definition) is 1. The van der Waals surface area contributed by atoms with E-state index in [1.165, 1.54) is 17.9 Å². The summed E-state index contributed by atoms with van der Waals surface area (Å²) in [6, 6.07) is 19.6. The summed E-state index contributed by atoms with van der Waals surface area (Å²) < 4.78 is 8.72. The highest BCUT2D eigenvalue weighted by atomic mass is 16.5. The van der Waals surface area contributed by atoms with Crippen LogP contribution >= 0.6 is 0 Å². The van der Waals surface area contributed by atoms with Crippen LogP contribution in [0.2, 0.25) is 0 Å². The van der Waals surface area contributed by atoms with Crippen molar-refractivity contribution in [3.8, 4) is 5.75 Å². The van der Waals surface area contributed by atoms with Gasteiger partial charge in [0.25, 0.3) is 11.5 Å². The van der Waals surface area contributed by atoms with Gasteiger partial charge in [0.2, 0.25) is 0 Å². The van der Waals surface area contributed by atoms with E-state index in [0.717, 1.165) is 5.39 Å². The number of Topliss-reactive ketones (excluding diaryl/α,β-unsaturated/α-hetero) is 1. The molecule has 0 atom stereocenters. The fourth-order valence-corrected chi connectivity index (χ4v) is 4.42. The van der Waals surface area contributed by atoms with Gasteiger partial charge in [-0.15, -0.1) is 0 Å². The molecule has 0 aliphatic rings. The normalized spacial score (nSPS) is 11.0. The van der Waals surface area contributed by atoms with Gasteiger partial charge in [-0.3, -0.25) is 23.9 Å². The first-order chi connectivity index (χ1) is 17.0. The summed E-state index contributed by atoms with van der Waals surface area (Å²) in [5.74, 6) is -0.480. The predicted molar refractivity (Wildman–Crippen MR) is 134 cm³/mol. The number of nitrogens with zero attached hydrogens (tertiary/aromatic N) is 3. The van der Waals surface area contributed by atoms with E-state index in [4.69, 9.17) is 4.74 Å². The fraction of sp³-hybridized carbons (Fsp3) is 0.111. The number of pyridine rings is 2. The van der Waals surface area contributed by atoms with Gasteiger partial charge in [0, 0.05) is 24.2 Å². The molecule has 1 amide bonds. The number of amides is 1. The third kappa shape index (κ3) is 3.74. The summed E-state index contributed by atoms with van der Waals surface area (Å²) in [5, 5.41) is 3.77. The van der Waals surface area contributed by atoms with Gasteiger partial charge in [-0.05, 0) is 18.2 Å². The number of nitrogens with one attached hydrogen (secondary N) is 1. The van der Waals surface area contributed by atoms with Gasteiger partial charge < -0.3 is 14.6 Å². The third-order valence-electron chi connectivity index (χ3n) is 5.99. The highest BCUT2D eigenvalue weighted by Gasteiger charge is 2.27. The third-order valence-corrected chi connectivity index (χ3v) is 5.99. The number of aromatic nitrogens is 3. The smallest absolute Gasteiger partial charge is 0.276 e. The summed E-state index contributed by atoms with van der Waals surface area (Å²) >= 11 is 0. The molecule has 1 N–H and O–H groups in total. The lowest BCUT2D eigenvalue weighted by molar-refractivity contribution is 0.0971. The van der Waals surface area contributed by atoms with Crippen LogP contribution in [0, 0.1) is 0 Å². The Morgan fingerprint density at radius 1 is 1.00 bits per heavy atom. The van der Waals surface area contributed by atoms with Crippen molar-refractivity contribution in [3.05, 3.63) is 101 Å². The highest BCUT2D eigenvalue weighted by Crippen LogP contribution is 2.35. The van der Waals surface area contributed by atoms with Gasteiger partial charge in [-0.1, -0.05) is 48.5 Å².